The Kier molecular flexibility index (Phi) is 5.39. The Labute approximate surface area is 250 Å². The first-order valence-corrected chi connectivity index (χ1v) is 15.0. The molecule has 2 unspecified atom stereocenters. The zero-order valence-corrected chi connectivity index (χ0v) is 23.6. The number of para-hydroxylation sites is 1. The van der Waals surface area contributed by atoms with Crippen LogP contribution in [0.3, 0.4) is 0 Å². The molecule has 0 radical (unpaired) electrons. The third-order valence-electron chi connectivity index (χ3n) is 9.19. The molecular formula is C42H28O. The fraction of sp³-hybridized carbons (Fsp3) is 0.0476. The maximum Gasteiger partial charge on any atom is 0.143 e. The summed E-state index contributed by atoms with van der Waals surface area (Å²) in [5, 5.41) is 7.26. The standard InChI is InChI=1S/C42H28O/c1-2-12-28(13-3-1)40-32-15-6-8-17-34(32)41(35-18-9-7-16-33(35)40)37-20-10-19-36-38-26-31(23-24-39(38)43-42(36)37)30-22-21-27-11-4-5-14-29(27)25-30/h1-27,29H. The average molecular weight is 549 g/mol. The van der Waals surface area contributed by atoms with Gasteiger partial charge in [-0.25, -0.2) is 0 Å². The molecule has 2 atom stereocenters. The molecule has 2 aliphatic carbocycles. The SMILES string of the molecule is C1=CC2C=CC(c3ccc4oc5c(-c6c7ccccc7c(-c7ccccc7)c7ccccc67)cccc5c4c3)=CC2C=C1. The van der Waals surface area contributed by atoms with Crippen LogP contribution in [-0.2, 0) is 0 Å². The minimum atomic E-state index is 0.411. The molecule has 0 bridgehead atoms. The molecule has 0 N–H and O–H groups in total. The van der Waals surface area contributed by atoms with Crippen LogP contribution in [0, 0.1) is 11.8 Å². The second kappa shape index (κ2) is 9.58. The summed E-state index contributed by atoms with van der Waals surface area (Å²) in [6.45, 7) is 0. The minimum absolute atomic E-state index is 0.411. The molecule has 2 aliphatic rings. The predicted octanol–water partition coefficient (Wildman–Crippen LogP) is 11.5. The van der Waals surface area contributed by atoms with Gasteiger partial charge in [-0.3, -0.25) is 0 Å². The fourth-order valence-electron chi connectivity index (χ4n) is 7.18. The summed E-state index contributed by atoms with van der Waals surface area (Å²) in [6, 6.07) is 41.6. The summed E-state index contributed by atoms with van der Waals surface area (Å²) in [6.07, 6.45) is 15.9. The van der Waals surface area contributed by atoms with Crippen LogP contribution in [0.1, 0.15) is 5.56 Å². The van der Waals surface area contributed by atoms with E-state index in [1.165, 1.54) is 49.4 Å². The zero-order chi connectivity index (χ0) is 28.3. The number of benzene rings is 6. The van der Waals surface area contributed by atoms with Gasteiger partial charge in [-0.15, -0.1) is 0 Å². The quantitative estimate of drug-likeness (QED) is 0.200. The summed E-state index contributed by atoms with van der Waals surface area (Å²) in [7, 11) is 0. The lowest BCUT2D eigenvalue weighted by Gasteiger charge is -2.23. The molecular weight excluding hydrogens is 520 g/mol. The first kappa shape index (κ1) is 24.2. The number of allylic oxidation sites excluding steroid dienone is 8. The highest BCUT2D eigenvalue weighted by molar-refractivity contribution is 6.24. The highest BCUT2D eigenvalue weighted by Gasteiger charge is 2.22. The summed E-state index contributed by atoms with van der Waals surface area (Å²) < 4.78 is 6.72. The van der Waals surface area contributed by atoms with Crippen molar-refractivity contribution in [1.29, 1.82) is 0 Å². The number of furan rings is 1. The van der Waals surface area contributed by atoms with Crippen LogP contribution in [-0.4, -0.2) is 0 Å². The van der Waals surface area contributed by atoms with Crippen molar-refractivity contribution in [3.05, 3.63) is 163 Å². The van der Waals surface area contributed by atoms with Crippen LogP contribution >= 0.6 is 0 Å². The first-order chi connectivity index (χ1) is 21.3. The molecule has 43 heavy (non-hydrogen) atoms. The van der Waals surface area contributed by atoms with Gasteiger partial charge in [-0.05, 0) is 55.9 Å². The van der Waals surface area contributed by atoms with Crippen molar-refractivity contribution < 1.29 is 4.42 Å². The molecule has 0 saturated carbocycles. The van der Waals surface area contributed by atoms with E-state index in [0.29, 0.717) is 11.8 Å². The molecule has 0 spiro atoms. The molecule has 1 nitrogen and oxygen atoms in total. The van der Waals surface area contributed by atoms with E-state index in [1.807, 2.05) is 0 Å². The molecule has 1 aromatic heterocycles. The van der Waals surface area contributed by atoms with Crippen molar-refractivity contribution in [2.24, 2.45) is 11.8 Å². The maximum atomic E-state index is 6.72. The topological polar surface area (TPSA) is 13.1 Å². The highest BCUT2D eigenvalue weighted by atomic mass is 16.3. The van der Waals surface area contributed by atoms with Crippen LogP contribution in [0.5, 0.6) is 0 Å². The lowest BCUT2D eigenvalue weighted by atomic mass is 9.81. The second-order valence-corrected chi connectivity index (χ2v) is 11.6. The summed E-state index contributed by atoms with van der Waals surface area (Å²) in [4.78, 5) is 0. The molecule has 202 valence electrons. The van der Waals surface area contributed by atoms with Crippen molar-refractivity contribution in [2.75, 3.05) is 0 Å². The largest absolute Gasteiger partial charge is 0.455 e. The molecule has 1 heterocycles. The van der Waals surface area contributed by atoms with Gasteiger partial charge >= 0.3 is 0 Å². The van der Waals surface area contributed by atoms with Crippen molar-refractivity contribution >= 4 is 49.1 Å². The number of fused-ring (bicyclic) bond motifs is 6. The Morgan fingerprint density at radius 2 is 1.12 bits per heavy atom. The van der Waals surface area contributed by atoms with Crippen molar-refractivity contribution in [3.63, 3.8) is 0 Å². The summed E-state index contributed by atoms with van der Waals surface area (Å²) in [5.74, 6) is 0.863. The molecule has 0 amide bonds. The van der Waals surface area contributed by atoms with E-state index < -0.39 is 0 Å². The fourth-order valence-corrected chi connectivity index (χ4v) is 7.18. The maximum absolute atomic E-state index is 6.72. The Balaban J connectivity index is 1.29. The minimum Gasteiger partial charge on any atom is -0.455 e. The second-order valence-electron chi connectivity index (χ2n) is 11.6. The van der Waals surface area contributed by atoms with Crippen LogP contribution in [0.25, 0.3) is 71.3 Å². The highest BCUT2D eigenvalue weighted by Crippen LogP contribution is 2.46. The van der Waals surface area contributed by atoms with Gasteiger partial charge in [0.25, 0.3) is 0 Å². The number of rotatable bonds is 3. The summed E-state index contributed by atoms with van der Waals surface area (Å²) >= 11 is 0. The van der Waals surface area contributed by atoms with E-state index >= 15 is 0 Å². The molecule has 9 rings (SSSR count). The van der Waals surface area contributed by atoms with Gasteiger partial charge in [0.2, 0.25) is 0 Å². The average Bonchev–Trinajstić information content (AvgIpc) is 3.46. The van der Waals surface area contributed by atoms with Gasteiger partial charge in [0, 0.05) is 33.7 Å². The third kappa shape index (κ3) is 3.78. The van der Waals surface area contributed by atoms with Crippen molar-refractivity contribution in [2.45, 2.75) is 0 Å². The number of hydrogen-bond acceptors (Lipinski definition) is 1. The van der Waals surface area contributed by atoms with Crippen LogP contribution in [0.4, 0.5) is 0 Å². The normalized spacial score (nSPS) is 17.6. The molecule has 7 aromatic rings. The number of hydrogen-bond donors (Lipinski definition) is 0. The van der Waals surface area contributed by atoms with E-state index in [1.54, 1.807) is 0 Å². The van der Waals surface area contributed by atoms with E-state index in [-0.39, 0.29) is 0 Å². The lowest BCUT2D eigenvalue weighted by molar-refractivity contribution is 0.663. The zero-order valence-electron chi connectivity index (χ0n) is 23.6. The Morgan fingerprint density at radius 3 is 1.86 bits per heavy atom. The van der Waals surface area contributed by atoms with Gasteiger partial charge in [0.05, 0.1) is 0 Å². The Hall–Kier alpha value is -5.40. The van der Waals surface area contributed by atoms with Gasteiger partial charge in [-0.1, -0.05) is 146 Å². The monoisotopic (exact) mass is 548 g/mol. The smallest absolute Gasteiger partial charge is 0.143 e. The summed E-state index contributed by atoms with van der Waals surface area (Å²) in [5.41, 5.74) is 9.19. The van der Waals surface area contributed by atoms with E-state index in [2.05, 4.69) is 158 Å². The molecule has 0 aliphatic heterocycles. The van der Waals surface area contributed by atoms with Crippen molar-refractivity contribution in [3.8, 4) is 22.3 Å². The van der Waals surface area contributed by atoms with Gasteiger partial charge in [0.1, 0.15) is 11.2 Å². The molecule has 6 aromatic carbocycles. The molecule has 1 heteroatoms. The van der Waals surface area contributed by atoms with Crippen LogP contribution in [0.2, 0.25) is 0 Å². The van der Waals surface area contributed by atoms with E-state index in [0.717, 1.165) is 27.5 Å². The van der Waals surface area contributed by atoms with Crippen molar-refractivity contribution in [1.82, 2.24) is 0 Å². The van der Waals surface area contributed by atoms with Crippen LogP contribution in [0.15, 0.2) is 162 Å². The Morgan fingerprint density at radius 1 is 0.465 bits per heavy atom. The lowest BCUT2D eigenvalue weighted by Crippen LogP contribution is -2.11. The Bertz CT molecular complexity index is 2290. The first-order valence-electron chi connectivity index (χ1n) is 15.0. The van der Waals surface area contributed by atoms with Gasteiger partial charge in [0.15, 0.2) is 0 Å². The third-order valence-corrected chi connectivity index (χ3v) is 9.19. The van der Waals surface area contributed by atoms with Gasteiger partial charge < -0.3 is 4.42 Å². The molecule has 0 saturated heterocycles. The molecule has 0 fully saturated rings. The predicted molar refractivity (Wildman–Crippen MR) is 182 cm³/mol. The van der Waals surface area contributed by atoms with E-state index in [4.69, 9.17) is 4.42 Å². The van der Waals surface area contributed by atoms with Gasteiger partial charge in [-0.2, -0.15) is 0 Å². The van der Waals surface area contributed by atoms with Crippen LogP contribution < -0.4 is 0 Å². The van der Waals surface area contributed by atoms with E-state index in [9.17, 15) is 0 Å².